The molecule has 1 rings (SSSR count). The zero-order valence-corrected chi connectivity index (χ0v) is 12.9. The van der Waals surface area contributed by atoms with E-state index in [2.05, 4.69) is 5.32 Å². The maximum absolute atomic E-state index is 14.0. The van der Waals surface area contributed by atoms with Crippen LogP contribution in [0.3, 0.4) is 0 Å². The molecule has 0 radical (unpaired) electrons. The smallest absolute Gasteiger partial charge is 0.254 e. The largest absolute Gasteiger partial charge is 0.349 e. The minimum absolute atomic E-state index is 0.116. The normalized spacial score (nSPS) is 14.5. The SMILES string of the molecule is CC(CS(C)=O)NC(=O)c1cc(F)cc(S(N)(=O)=O)c1F. The lowest BCUT2D eigenvalue weighted by Gasteiger charge is -2.13. The number of sulfonamides is 1. The van der Waals surface area contributed by atoms with Gasteiger partial charge in [-0.05, 0) is 19.1 Å². The van der Waals surface area contributed by atoms with Gasteiger partial charge in [-0.1, -0.05) is 0 Å². The molecule has 6 nitrogen and oxygen atoms in total. The van der Waals surface area contributed by atoms with Gasteiger partial charge < -0.3 is 5.32 Å². The van der Waals surface area contributed by atoms with Gasteiger partial charge in [-0.3, -0.25) is 9.00 Å². The Morgan fingerprint density at radius 2 is 2.00 bits per heavy atom. The van der Waals surface area contributed by atoms with Crippen molar-refractivity contribution in [2.75, 3.05) is 12.0 Å². The number of carbonyl (C=O) groups excluding carboxylic acids is 1. The molecule has 0 saturated carbocycles. The average Bonchev–Trinajstić information content (AvgIpc) is 2.28. The van der Waals surface area contributed by atoms with E-state index >= 15 is 0 Å². The second kappa shape index (κ2) is 6.58. The van der Waals surface area contributed by atoms with Crippen LogP contribution in [0.15, 0.2) is 17.0 Å². The molecular weight excluding hydrogens is 326 g/mol. The molecular formula is C11H14F2N2O4S2. The summed E-state index contributed by atoms with van der Waals surface area (Å²) in [4.78, 5) is 10.7. The quantitative estimate of drug-likeness (QED) is 0.793. The van der Waals surface area contributed by atoms with Gasteiger partial charge in [0.25, 0.3) is 5.91 Å². The summed E-state index contributed by atoms with van der Waals surface area (Å²) in [5, 5.41) is 7.06. The molecule has 0 bridgehead atoms. The Kier molecular flexibility index (Phi) is 5.54. The van der Waals surface area contributed by atoms with Crippen LogP contribution in [-0.2, 0) is 20.8 Å². The minimum Gasteiger partial charge on any atom is -0.349 e. The number of primary sulfonamides is 1. The number of halogens is 2. The van der Waals surface area contributed by atoms with Crippen LogP contribution in [0.2, 0.25) is 0 Å². The molecule has 0 aliphatic heterocycles. The van der Waals surface area contributed by atoms with E-state index in [1.807, 2.05) is 0 Å². The number of benzene rings is 1. The first-order chi connectivity index (χ1) is 9.52. The molecule has 0 aromatic heterocycles. The fraction of sp³-hybridized carbons (Fsp3) is 0.364. The molecule has 0 aliphatic rings. The first-order valence-electron chi connectivity index (χ1n) is 5.65. The molecule has 2 atom stereocenters. The third-order valence-electron chi connectivity index (χ3n) is 2.42. The van der Waals surface area contributed by atoms with Crippen molar-refractivity contribution in [1.29, 1.82) is 0 Å². The molecule has 0 spiro atoms. The van der Waals surface area contributed by atoms with Crippen LogP contribution in [-0.4, -0.2) is 36.6 Å². The lowest BCUT2D eigenvalue weighted by molar-refractivity contribution is 0.0938. The van der Waals surface area contributed by atoms with Crippen molar-refractivity contribution < 1.29 is 26.2 Å². The van der Waals surface area contributed by atoms with Crippen molar-refractivity contribution in [3.05, 3.63) is 29.3 Å². The van der Waals surface area contributed by atoms with Crippen LogP contribution in [0.5, 0.6) is 0 Å². The Bertz CT molecular complexity index is 692. The van der Waals surface area contributed by atoms with E-state index in [-0.39, 0.29) is 5.75 Å². The summed E-state index contributed by atoms with van der Waals surface area (Å²) >= 11 is 0. The zero-order chi connectivity index (χ0) is 16.4. The maximum Gasteiger partial charge on any atom is 0.254 e. The van der Waals surface area contributed by atoms with E-state index in [0.29, 0.717) is 12.1 Å². The monoisotopic (exact) mass is 340 g/mol. The van der Waals surface area contributed by atoms with Gasteiger partial charge in [-0.25, -0.2) is 22.3 Å². The predicted molar refractivity (Wildman–Crippen MR) is 73.6 cm³/mol. The molecule has 1 aromatic rings. The average molecular weight is 340 g/mol. The van der Waals surface area contributed by atoms with Crippen LogP contribution in [0.1, 0.15) is 17.3 Å². The van der Waals surface area contributed by atoms with E-state index in [1.54, 1.807) is 0 Å². The molecule has 0 aliphatic carbocycles. The van der Waals surface area contributed by atoms with Crippen molar-refractivity contribution in [3.8, 4) is 0 Å². The summed E-state index contributed by atoms with van der Waals surface area (Å²) in [6, 6.07) is 0.393. The van der Waals surface area contributed by atoms with E-state index in [4.69, 9.17) is 5.14 Å². The van der Waals surface area contributed by atoms with E-state index in [1.165, 1.54) is 13.2 Å². The summed E-state index contributed by atoms with van der Waals surface area (Å²) in [6.07, 6.45) is 1.42. The fourth-order valence-electron chi connectivity index (χ4n) is 1.63. The lowest BCUT2D eigenvalue weighted by atomic mass is 10.2. The van der Waals surface area contributed by atoms with Gasteiger partial charge in [0.15, 0.2) is 5.82 Å². The Morgan fingerprint density at radius 3 is 2.48 bits per heavy atom. The van der Waals surface area contributed by atoms with Crippen molar-refractivity contribution in [1.82, 2.24) is 5.32 Å². The third kappa shape index (κ3) is 4.83. The molecule has 2 unspecified atom stereocenters. The second-order valence-electron chi connectivity index (χ2n) is 4.42. The highest BCUT2D eigenvalue weighted by atomic mass is 32.2. The van der Waals surface area contributed by atoms with Gasteiger partial charge in [0.2, 0.25) is 10.0 Å². The molecule has 0 saturated heterocycles. The fourth-order valence-corrected chi connectivity index (χ4v) is 3.06. The molecule has 1 aromatic carbocycles. The topological polar surface area (TPSA) is 106 Å². The number of nitrogens with two attached hydrogens (primary N) is 1. The van der Waals surface area contributed by atoms with Crippen molar-refractivity contribution in [2.24, 2.45) is 5.14 Å². The van der Waals surface area contributed by atoms with Gasteiger partial charge >= 0.3 is 0 Å². The van der Waals surface area contributed by atoms with Crippen molar-refractivity contribution >= 4 is 26.7 Å². The molecule has 1 amide bonds. The van der Waals surface area contributed by atoms with Crippen LogP contribution in [0, 0.1) is 11.6 Å². The van der Waals surface area contributed by atoms with Gasteiger partial charge in [0.05, 0.1) is 5.56 Å². The van der Waals surface area contributed by atoms with E-state index in [9.17, 15) is 26.2 Å². The summed E-state index contributed by atoms with van der Waals surface area (Å²) in [6.45, 7) is 1.52. The minimum atomic E-state index is -4.50. The molecule has 118 valence electrons. The number of carbonyl (C=O) groups is 1. The summed E-state index contributed by atoms with van der Waals surface area (Å²) < 4.78 is 60.6. The number of hydrogen-bond donors (Lipinski definition) is 2. The third-order valence-corrected chi connectivity index (χ3v) is 4.30. The number of nitrogens with one attached hydrogen (secondary N) is 1. The number of hydrogen-bond acceptors (Lipinski definition) is 4. The first kappa shape index (κ1) is 17.7. The highest BCUT2D eigenvalue weighted by molar-refractivity contribution is 7.89. The zero-order valence-electron chi connectivity index (χ0n) is 11.2. The van der Waals surface area contributed by atoms with Crippen molar-refractivity contribution in [2.45, 2.75) is 17.9 Å². The van der Waals surface area contributed by atoms with Gasteiger partial charge in [-0.2, -0.15) is 0 Å². The molecule has 0 heterocycles. The molecule has 3 N–H and O–H groups in total. The van der Waals surface area contributed by atoms with E-state index < -0.39 is 54.9 Å². The standard InChI is InChI=1S/C11H14F2N2O4S2/c1-6(5-20(2)17)15-11(16)8-3-7(12)4-9(10(8)13)21(14,18)19/h3-4,6H,5H2,1-2H3,(H,15,16)(H2,14,18,19). The van der Waals surface area contributed by atoms with Crippen LogP contribution in [0.4, 0.5) is 8.78 Å². The Hall–Kier alpha value is -1.39. The predicted octanol–water partition coefficient (Wildman–Crippen LogP) is 0.109. The molecule has 10 heteroatoms. The summed E-state index contributed by atoms with van der Waals surface area (Å²) in [7, 11) is -5.70. The van der Waals surface area contributed by atoms with Crippen LogP contribution < -0.4 is 10.5 Å². The van der Waals surface area contributed by atoms with Gasteiger partial charge in [0.1, 0.15) is 10.7 Å². The van der Waals surface area contributed by atoms with Gasteiger partial charge in [-0.15, -0.1) is 0 Å². The Balaban J connectivity index is 3.17. The number of amides is 1. The lowest BCUT2D eigenvalue weighted by Crippen LogP contribution is -2.37. The Labute approximate surface area is 123 Å². The second-order valence-corrected chi connectivity index (χ2v) is 7.43. The van der Waals surface area contributed by atoms with Gasteiger partial charge in [0, 0.05) is 28.9 Å². The Morgan fingerprint density at radius 1 is 1.43 bits per heavy atom. The molecule has 21 heavy (non-hydrogen) atoms. The van der Waals surface area contributed by atoms with Crippen molar-refractivity contribution in [3.63, 3.8) is 0 Å². The number of rotatable bonds is 5. The summed E-state index contributed by atoms with van der Waals surface area (Å²) in [5.41, 5.74) is -0.784. The van der Waals surface area contributed by atoms with Crippen LogP contribution in [0.25, 0.3) is 0 Å². The summed E-state index contributed by atoms with van der Waals surface area (Å²) in [5.74, 6) is -3.45. The maximum atomic E-state index is 14.0. The van der Waals surface area contributed by atoms with Crippen LogP contribution >= 0.6 is 0 Å². The highest BCUT2D eigenvalue weighted by Crippen LogP contribution is 2.19. The molecule has 0 fully saturated rings. The first-order valence-corrected chi connectivity index (χ1v) is 8.92. The highest BCUT2D eigenvalue weighted by Gasteiger charge is 2.24. The van der Waals surface area contributed by atoms with E-state index in [0.717, 1.165) is 0 Å².